The maximum absolute atomic E-state index is 14.7. The van der Waals surface area contributed by atoms with Crippen molar-refractivity contribution in [3.63, 3.8) is 0 Å². The van der Waals surface area contributed by atoms with Crippen LogP contribution in [-0.4, -0.2) is 5.43 Å². The Balaban J connectivity index is 1.93. The quantitative estimate of drug-likeness (QED) is 0.401. The Morgan fingerprint density at radius 2 is 1.48 bits per heavy atom. The first-order chi connectivity index (χ1) is 13.8. The SMILES string of the molecule is CC1=C(C)C(C)[C]([Zr]([CH]2C=C(c3ccccc3F)c3ccccc32)=[Si](C)C)=C1C. The Kier molecular flexibility index (Phi) is 5.84. The average Bonchev–Trinajstić information content (AvgIpc) is 3.16. The summed E-state index contributed by atoms with van der Waals surface area (Å²) in [5, 5.41) is 0. The Bertz CT molecular complexity index is 1130. The first-order valence-electron chi connectivity index (χ1n) is 10.4. The second-order valence-corrected chi connectivity index (χ2v) is 26.1. The van der Waals surface area contributed by atoms with Crippen LogP contribution < -0.4 is 0 Å². The number of rotatable bonds is 3. The summed E-state index contributed by atoms with van der Waals surface area (Å²) in [6, 6.07) is 16.0. The molecule has 0 aliphatic heterocycles. The molecular weight excluding hydrogens is 451 g/mol. The van der Waals surface area contributed by atoms with Crippen molar-refractivity contribution in [3.8, 4) is 0 Å². The van der Waals surface area contributed by atoms with E-state index in [0.29, 0.717) is 9.54 Å². The molecule has 0 aromatic heterocycles. The molecule has 0 N–H and O–H groups in total. The average molecular weight is 480 g/mol. The van der Waals surface area contributed by atoms with Gasteiger partial charge in [0.05, 0.1) is 0 Å². The van der Waals surface area contributed by atoms with Gasteiger partial charge in [0.1, 0.15) is 0 Å². The number of benzene rings is 2. The Morgan fingerprint density at radius 1 is 0.862 bits per heavy atom. The van der Waals surface area contributed by atoms with Crippen molar-refractivity contribution in [3.05, 3.63) is 97.1 Å². The predicted molar refractivity (Wildman–Crippen MR) is 120 cm³/mol. The van der Waals surface area contributed by atoms with Gasteiger partial charge in [0.15, 0.2) is 0 Å². The third-order valence-electron chi connectivity index (χ3n) is 6.86. The summed E-state index contributed by atoms with van der Waals surface area (Å²) in [4.78, 5) is 0. The van der Waals surface area contributed by atoms with Crippen molar-refractivity contribution >= 4 is 11.0 Å². The van der Waals surface area contributed by atoms with Gasteiger partial charge < -0.3 is 0 Å². The minimum absolute atomic E-state index is 0.115. The van der Waals surface area contributed by atoms with Gasteiger partial charge >= 0.3 is 183 Å². The van der Waals surface area contributed by atoms with Gasteiger partial charge in [0.25, 0.3) is 0 Å². The van der Waals surface area contributed by atoms with Crippen LogP contribution >= 0.6 is 0 Å². The van der Waals surface area contributed by atoms with Crippen LogP contribution in [0.1, 0.15) is 48.0 Å². The molecule has 0 bridgehead atoms. The summed E-state index contributed by atoms with van der Waals surface area (Å²) in [6.45, 7) is 14.4. The molecule has 0 saturated heterocycles. The van der Waals surface area contributed by atoms with Gasteiger partial charge in [-0.25, -0.2) is 0 Å². The molecule has 29 heavy (non-hydrogen) atoms. The molecule has 148 valence electrons. The number of fused-ring (bicyclic) bond motifs is 1. The third-order valence-corrected chi connectivity index (χ3v) is 25.4. The molecule has 2 aromatic rings. The molecule has 0 saturated carbocycles. The molecule has 0 heterocycles. The number of hydrogen-bond acceptors (Lipinski definition) is 0. The normalized spacial score (nSPS) is 20.9. The van der Waals surface area contributed by atoms with Crippen LogP contribution in [0.5, 0.6) is 0 Å². The van der Waals surface area contributed by atoms with E-state index >= 15 is 0 Å². The van der Waals surface area contributed by atoms with Crippen LogP contribution in [0.3, 0.4) is 0 Å². The van der Waals surface area contributed by atoms with E-state index in [2.05, 4.69) is 71.1 Å². The molecule has 0 radical (unpaired) electrons. The van der Waals surface area contributed by atoms with Crippen LogP contribution in [-0.2, 0) is 20.4 Å². The molecular formula is C26H29FSiZr. The maximum atomic E-state index is 14.7. The first-order valence-corrected chi connectivity index (χ1v) is 19.3. The first kappa shape index (κ1) is 20.9. The van der Waals surface area contributed by atoms with Crippen molar-refractivity contribution in [2.45, 2.75) is 44.4 Å². The molecule has 2 atom stereocenters. The van der Waals surface area contributed by atoms with Crippen LogP contribution in [0.2, 0.25) is 13.1 Å². The number of allylic oxidation sites excluding steroid dienone is 5. The second-order valence-electron chi connectivity index (χ2n) is 8.61. The Hall–Kier alpha value is -1.31. The molecule has 3 heteroatoms. The topological polar surface area (TPSA) is 0 Å². The van der Waals surface area contributed by atoms with Gasteiger partial charge in [-0.2, -0.15) is 0 Å². The zero-order valence-corrected chi connectivity index (χ0v) is 21.7. The molecule has 2 aliphatic rings. The Morgan fingerprint density at radius 3 is 2.07 bits per heavy atom. The van der Waals surface area contributed by atoms with Crippen molar-refractivity contribution in [1.29, 1.82) is 0 Å². The predicted octanol–water partition coefficient (Wildman–Crippen LogP) is 7.44. The summed E-state index contributed by atoms with van der Waals surface area (Å²) < 4.78 is 17.0. The molecule has 2 unspecified atom stereocenters. The minimum atomic E-state index is -2.02. The number of hydrogen-bond donors (Lipinski definition) is 0. The third kappa shape index (κ3) is 3.45. The van der Waals surface area contributed by atoms with Crippen LogP contribution in [0.25, 0.3) is 5.57 Å². The van der Waals surface area contributed by atoms with E-state index in [1.807, 2.05) is 15.4 Å². The molecule has 2 aromatic carbocycles. The van der Waals surface area contributed by atoms with Crippen molar-refractivity contribution in [1.82, 2.24) is 0 Å². The van der Waals surface area contributed by atoms with Crippen molar-refractivity contribution in [2.75, 3.05) is 0 Å². The summed E-state index contributed by atoms with van der Waals surface area (Å²) in [5.74, 6) is 0.471. The van der Waals surface area contributed by atoms with Gasteiger partial charge in [-0.05, 0) is 0 Å². The van der Waals surface area contributed by atoms with Crippen molar-refractivity contribution < 1.29 is 24.8 Å². The molecule has 0 spiro atoms. The molecule has 4 rings (SSSR count). The van der Waals surface area contributed by atoms with Gasteiger partial charge in [-0.1, -0.05) is 0 Å². The van der Waals surface area contributed by atoms with Gasteiger partial charge in [-0.15, -0.1) is 0 Å². The summed E-state index contributed by atoms with van der Waals surface area (Å²) in [7, 11) is 0. The summed E-state index contributed by atoms with van der Waals surface area (Å²) >= 11 is -2.02. The summed E-state index contributed by atoms with van der Waals surface area (Å²) in [5.41, 5.74) is 8.76. The molecule has 0 fully saturated rings. The van der Waals surface area contributed by atoms with Gasteiger partial charge in [0.2, 0.25) is 0 Å². The number of halogens is 1. The van der Waals surface area contributed by atoms with Gasteiger partial charge in [-0.3, -0.25) is 0 Å². The van der Waals surface area contributed by atoms with E-state index in [1.54, 1.807) is 23.3 Å². The van der Waals surface area contributed by atoms with Gasteiger partial charge in [0, 0.05) is 0 Å². The second kappa shape index (κ2) is 8.08. The van der Waals surface area contributed by atoms with E-state index in [-0.39, 0.29) is 5.82 Å². The van der Waals surface area contributed by atoms with E-state index in [9.17, 15) is 4.39 Å². The van der Waals surface area contributed by atoms with E-state index in [1.165, 1.54) is 16.7 Å². The Labute approximate surface area is 182 Å². The fourth-order valence-electron chi connectivity index (χ4n) is 5.06. The molecule has 0 nitrogen and oxygen atoms in total. The monoisotopic (exact) mass is 478 g/mol. The fourth-order valence-corrected chi connectivity index (χ4v) is 24.7. The van der Waals surface area contributed by atoms with E-state index < -0.39 is 25.8 Å². The fraction of sp³-hybridized carbons (Fsp3) is 0.308. The van der Waals surface area contributed by atoms with Crippen LogP contribution in [0, 0.1) is 11.7 Å². The van der Waals surface area contributed by atoms with Crippen molar-refractivity contribution in [2.24, 2.45) is 5.92 Å². The van der Waals surface area contributed by atoms with E-state index in [4.69, 9.17) is 0 Å². The van der Waals surface area contributed by atoms with E-state index in [0.717, 1.165) is 11.1 Å². The molecule has 0 amide bonds. The molecule has 2 aliphatic carbocycles. The van der Waals surface area contributed by atoms with Crippen LogP contribution in [0.4, 0.5) is 4.39 Å². The standard InChI is InChI=1S/C15H10F.C9H13.C2H6Si.Zr/c16-15-8-4-3-7-14(15)13-10-9-11-5-1-2-6-12(11)13;1-6-5-7(2)9(4)8(6)3;1-3-2;/h1-10H;6H,1-4H3;1-2H3;. The summed E-state index contributed by atoms with van der Waals surface area (Å²) in [6.07, 6.45) is 2.45. The zero-order valence-electron chi connectivity index (χ0n) is 18.2. The van der Waals surface area contributed by atoms with Crippen LogP contribution in [0.15, 0.2) is 74.6 Å². The zero-order chi connectivity index (χ0) is 20.9.